The normalized spacial score (nSPS) is 12.2. The van der Waals surface area contributed by atoms with Crippen molar-refractivity contribution in [2.75, 3.05) is 11.1 Å². The van der Waals surface area contributed by atoms with E-state index in [1.807, 2.05) is 49.4 Å². The summed E-state index contributed by atoms with van der Waals surface area (Å²) in [6.07, 6.45) is 3.21. The molecule has 0 saturated heterocycles. The van der Waals surface area contributed by atoms with Crippen molar-refractivity contribution >= 4 is 22.8 Å². The Morgan fingerprint density at radius 3 is 2.68 bits per heavy atom. The lowest BCUT2D eigenvalue weighted by molar-refractivity contribution is 0.766. The van der Waals surface area contributed by atoms with Crippen LogP contribution in [0.5, 0.6) is 0 Å². The molecule has 0 aliphatic carbocycles. The van der Waals surface area contributed by atoms with Gasteiger partial charge < -0.3 is 11.1 Å². The van der Waals surface area contributed by atoms with Gasteiger partial charge in [-0.05, 0) is 31.2 Å². The Bertz CT molecular complexity index is 1010. The van der Waals surface area contributed by atoms with Gasteiger partial charge >= 0.3 is 0 Å². The number of hydrogen-bond acceptors (Lipinski definition) is 6. The molecule has 3 N–H and O–H groups in total. The van der Waals surface area contributed by atoms with E-state index >= 15 is 0 Å². The zero-order valence-corrected chi connectivity index (χ0v) is 13.7. The van der Waals surface area contributed by atoms with Gasteiger partial charge in [-0.25, -0.2) is 19.9 Å². The first-order valence-electron chi connectivity index (χ1n) is 7.95. The van der Waals surface area contributed by atoms with Gasteiger partial charge in [0.1, 0.15) is 29.3 Å². The van der Waals surface area contributed by atoms with Gasteiger partial charge in [-0.15, -0.1) is 0 Å². The molecule has 0 aliphatic rings. The number of nitrogens with two attached hydrogens (primary N) is 1. The highest BCUT2D eigenvalue weighted by Crippen LogP contribution is 2.25. The van der Waals surface area contributed by atoms with Crippen molar-refractivity contribution in [3.8, 4) is 5.69 Å². The molecule has 4 aromatic rings. The SMILES string of the molecule is C[C@H](Nc1cc(N)ncn1)c1nc2cccnc2n1-c1ccccc1. The maximum absolute atomic E-state index is 5.73. The summed E-state index contributed by atoms with van der Waals surface area (Å²) in [5, 5.41) is 3.33. The fourth-order valence-corrected chi connectivity index (χ4v) is 2.79. The lowest BCUT2D eigenvalue weighted by Crippen LogP contribution is -2.14. The minimum Gasteiger partial charge on any atom is -0.384 e. The van der Waals surface area contributed by atoms with E-state index in [9.17, 15) is 0 Å². The standard InChI is InChI=1S/C18H17N7/c1-12(23-16-10-15(19)21-11-22-16)17-24-14-8-5-9-20-18(14)25(17)13-6-3-2-4-7-13/h2-12H,1H3,(H3,19,21,22,23)/t12-/m0/s1. The quantitative estimate of drug-likeness (QED) is 0.597. The van der Waals surface area contributed by atoms with E-state index in [4.69, 9.17) is 10.7 Å². The molecule has 0 saturated carbocycles. The summed E-state index contributed by atoms with van der Waals surface area (Å²) in [5.74, 6) is 1.92. The number of rotatable bonds is 4. The molecule has 124 valence electrons. The third-order valence-electron chi connectivity index (χ3n) is 3.90. The number of pyridine rings is 1. The third kappa shape index (κ3) is 2.87. The summed E-state index contributed by atoms with van der Waals surface area (Å²) in [7, 11) is 0. The maximum Gasteiger partial charge on any atom is 0.164 e. The number of fused-ring (bicyclic) bond motifs is 1. The van der Waals surface area contributed by atoms with Crippen LogP contribution < -0.4 is 11.1 Å². The van der Waals surface area contributed by atoms with Crippen molar-refractivity contribution in [3.05, 3.63) is 66.9 Å². The predicted octanol–water partition coefficient (Wildman–Crippen LogP) is 2.97. The van der Waals surface area contributed by atoms with Crippen LogP contribution in [0.4, 0.5) is 11.6 Å². The molecule has 0 fully saturated rings. The van der Waals surface area contributed by atoms with Crippen LogP contribution in [0.2, 0.25) is 0 Å². The van der Waals surface area contributed by atoms with Gasteiger partial charge in [0.25, 0.3) is 0 Å². The summed E-state index contributed by atoms with van der Waals surface area (Å²) in [6.45, 7) is 2.03. The van der Waals surface area contributed by atoms with Crippen LogP contribution >= 0.6 is 0 Å². The predicted molar refractivity (Wildman–Crippen MR) is 97.3 cm³/mol. The van der Waals surface area contributed by atoms with Gasteiger partial charge in [-0.3, -0.25) is 4.57 Å². The number of nitrogens with one attached hydrogen (secondary N) is 1. The molecular weight excluding hydrogens is 314 g/mol. The number of benzene rings is 1. The smallest absolute Gasteiger partial charge is 0.164 e. The minimum atomic E-state index is -0.108. The largest absolute Gasteiger partial charge is 0.384 e. The molecule has 25 heavy (non-hydrogen) atoms. The van der Waals surface area contributed by atoms with Crippen LogP contribution in [-0.2, 0) is 0 Å². The average molecular weight is 331 g/mol. The van der Waals surface area contributed by atoms with E-state index in [0.717, 1.165) is 22.7 Å². The number of aromatic nitrogens is 5. The molecule has 1 atom stereocenters. The Morgan fingerprint density at radius 1 is 1.04 bits per heavy atom. The highest BCUT2D eigenvalue weighted by atomic mass is 15.2. The molecule has 1 aromatic carbocycles. The van der Waals surface area contributed by atoms with Crippen molar-refractivity contribution in [2.45, 2.75) is 13.0 Å². The van der Waals surface area contributed by atoms with Crippen LogP contribution in [0, 0.1) is 0 Å². The van der Waals surface area contributed by atoms with Crippen LogP contribution in [0.15, 0.2) is 61.1 Å². The second-order valence-corrected chi connectivity index (χ2v) is 5.68. The molecular formula is C18H17N7. The van der Waals surface area contributed by atoms with Crippen molar-refractivity contribution in [1.29, 1.82) is 0 Å². The summed E-state index contributed by atoms with van der Waals surface area (Å²) < 4.78 is 2.05. The Morgan fingerprint density at radius 2 is 1.88 bits per heavy atom. The Labute approximate surface area is 144 Å². The van der Waals surface area contributed by atoms with Gasteiger partial charge in [-0.1, -0.05) is 18.2 Å². The van der Waals surface area contributed by atoms with E-state index in [1.54, 1.807) is 12.3 Å². The lowest BCUT2D eigenvalue weighted by Gasteiger charge is -2.16. The summed E-state index contributed by atoms with van der Waals surface area (Å²) >= 11 is 0. The van der Waals surface area contributed by atoms with E-state index in [2.05, 4.69) is 24.8 Å². The van der Waals surface area contributed by atoms with Crippen molar-refractivity contribution in [3.63, 3.8) is 0 Å². The molecule has 3 heterocycles. The molecule has 0 radical (unpaired) electrons. The van der Waals surface area contributed by atoms with Crippen LogP contribution in [-0.4, -0.2) is 24.5 Å². The second-order valence-electron chi connectivity index (χ2n) is 5.68. The summed E-state index contributed by atoms with van der Waals surface area (Å²) in [5.41, 5.74) is 8.41. The zero-order chi connectivity index (χ0) is 17.2. The average Bonchev–Trinajstić information content (AvgIpc) is 3.02. The number of anilines is 2. The molecule has 0 bridgehead atoms. The van der Waals surface area contributed by atoms with E-state index in [0.29, 0.717) is 11.6 Å². The Hall–Kier alpha value is -3.48. The van der Waals surface area contributed by atoms with Gasteiger partial charge in [-0.2, -0.15) is 0 Å². The molecule has 0 aliphatic heterocycles. The monoisotopic (exact) mass is 331 g/mol. The number of nitrogens with zero attached hydrogens (tertiary/aromatic N) is 5. The van der Waals surface area contributed by atoms with Crippen LogP contribution in [0.1, 0.15) is 18.8 Å². The van der Waals surface area contributed by atoms with Gasteiger partial charge in [0, 0.05) is 18.0 Å². The molecule has 3 aromatic heterocycles. The molecule has 4 rings (SSSR count). The number of imidazole rings is 1. The maximum atomic E-state index is 5.73. The van der Waals surface area contributed by atoms with Gasteiger partial charge in [0.2, 0.25) is 0 Å². The van der Waals surface area contributed by atoms with Crippen LogP contribution in [0.3, 0.4) is 0 Å². The first-order valence-corrected chi connectivity index (χ1v) is 7.95. The van der Waals surface area contributed by atoms with Crippen molar-refractivity contribution in [1.82, 2.24) is 24.5 Å². The summed E-state index contributed by atoms with van der Waals surface area (Å²) in [6, 6.07) is 15.5. The second kappa shape index (κ2) is 6.20. The van der Waals surface area contributed by atoms with Crippen LogP contribution in [0.25, 0.3) is 16.9 Å². The number of nitrogen functional groups attached to an aromatic ring is 1. The van der Waals surface area contributed by atoms with E-state index < -0.39 is 0 Å². The molecule has 0 spiro atoms. The topological polar surface area (TPSA) is 94.5 Å². The summed E-state index contributed by atoms with van der Waals surface area (Å²) in [4.78, 5) is 17.4. The van der Waals surface area contributed by atoms with E-state index in [1.165, 1.54) is 6.33 Å². The molecule has 7 heteroatoms. The minimum absolute atomic E-state index is 0.108. The van der Waals surface area contributed by atoms with Crippen molar-refractivity contribution < 1.29 is 0 Å². The Balaban J connectivity index is 1.81. The zero-order valence-electron chi connectivity index (χ0n) is 13.7. The number of hydrogen-bond donors (Lipinski definition) is 2. The first kappa shape index (κ1) is 15.1. The molecule has 0 unspecified atom stereocenters. The highest BCUT2D eigenvalue weighted by molar-refractivity contribution is 5.74. The fraction of sp³-hybridized carbons (Fsp3) is 0.111. The molecule has 0 amide bonds. The Kier molecular flexibility index (Phi) is 3.74. The first-order chi connectivity index (χ1) is 12.2. The molecule has 7 nitrogen and oxygen atoms in total. The highest BCUT2D eigenvalue weighted by Gasteiger charge is 2.19. The van der Waals surface area contributed by atoms with Gasteiger partial charge in [0.15, 0.2) is 5.65 Å². The fourth-order valence-electron chi connectivity index (χ4n) is 2.79. The van der Waals surface area contributed by atoms with Gasteiger partial charge in [0.05, 0.1) is 6.04 Å². The van der Waals surface area contributed by atoms with E-state index in [-0.39, 0.29) is 6.04 Å². The lowest BCUT2D eigenvalue weighted by atomic mass is 10.2. The van der Waals surface area contributed by atoms with Crippen molar-refractivity contribution in [2.24, 2.45) is 0 Å². The third-order valence-corrected chi connectivity index (χ3v) is 3.90. The number of para-hydroxylation sites is 1.